The van der Waals surface area contributed by atoms with E-state index in [1.54, 1.807) is 13.8 Å². The van der Waals surface area contributed by atoms with Crippen molar-refractivity contribution in [3.8, 4) is 0 Å². The van der Waals surface area contributed by atoms with Crippen LogP contribution in [0, 0.1) is 5.92 Å². The summed E-state index contributed by atoms with van der Waals surface area (Å²) in [6.45, 7) is 6.76. The fraction of sp³-hybridized carbons (Fsp3) is 0.750. The van der Waals surface area contributed by atoms with Crippen LogP contribution in [0.2, 0.25) is 0 Å². The van der Waals surface area contributed by atoms with E-state index in [4.69, 9.17) is 18.3 Å². The second kappa shape index (κ2) is 10.4. The van der Waals surface area contributed by atoms with Crippen LogP contribution in [0.4, 0.5) is 14.6 Å². The number of aromatic nitrogens is 2. The Morgan fingerprint density at radius 1 is 1.39 bits per heavy atom. The first-order valence-electron chi connectivity index (χ1n) is 11.1. The predicted octanol–water partition coefficient (Wildman–Crippen LogP) is 3.44. The Morgan fingerprint density at radius 3 is 2.64 bits per heavy atom. The Kier molecular flexibility index (Phi) is 8.19. The van der Waals surface area contributed by atoms with Gasteiger partial charge in [0.15, 0.2) is 0 Å². The van der Waals surface area contributed by atoms with Crippen molar-refractivity contribution < 1.29 is 36.8 Å². The summed E-state index contributed by atoms with van der Waals surface area (Å²) in [6.07, 6.45) is -1.51. The molecule has 1 unspecified atom stereocenters. The molecular weight excluding hydrogens is 463 g/mol. The first-order chi connectivity index (χ1) is 15.5. The fourth-order valence-corrected chi connectivity index (χ4v) is 5.49. The van der Waals surface area contributed by atoms with Crippen molar-refractivity contribution in [3.63, 3.8) is 0 Å². The molecule has 4 atom stereocenters. The molecule has 13 heteroatoms. The molecule has 1 aromatic rings. The molecule has 10 nitrogen and oxygen atoms in total. The Morgan fingerprint density at radius 2 is 2.06 bits per heavy atom. The van der Waals surface area contributed by atoms with Gasteiger partial charge in [0.25, 0.3) is 0 Å². The van der Waals surface area contributed by atoms with Crippen molar-refractivity contribution >= 4 is 19.9 Å². The lowest BCUT2D eigenvalue weighted by Crippen LogP contribution is -2.46. The van der Waals surface area contributed by atoms with Gasteiger partial charge in [-0.3, -0.25) is 9.36 Å². The summed E-state index contributed by atoms with van der Waals surface area (Å²) in [7, 11) is -3.96. The summed E-state index contributed by atoms with van der Waals surface area (Å²) < 4.78 is 51.7. The van der Waals surface area contributed by atoms with Crippen molar-refractivity contribution in [2.45, 2.75) is 83.8 Å². The monoisotopic (exact) mass is 494 g/mol. The largest absolute Gasteiger partial charge is 0.573 e. The van der Waals surface area contributed by atoms with Gasteiger partial charge in [-0.1, -0.05) is 26.7 Å². The maximum absolute atomic E-state index is 15.2. The third-order valence-corrected chi connectivity index (χ3v) is 6.98. The molecule has 2 fully saturated rings. The molecule has 186 valence electrons. The summed E-state index contributed by atoms with van der Waals surface area (Å²) in [6, 6.07) is 1.26. The van der Waals surface area contributed by atoms with Gasteiger partial charge in [0.05, 0.1) is 0 Å². The second-order valence-electron chi connectivity index (χ2n) is 8.41. The van der Waals surface area contributed by atoms with Gasteiger partial charge < -0.3 is 10.1 Å². The van der Waals surface area contributed by atoms with E-state index in [9.17, 15) is 14.5 Å². The number of ether oxygens (including phenoxy) is 1. The molecule has 2 N–H and O–H groups in total. The number of halogens is 2. The van der Waals surface area contributed by atoms with E-state index >= 15 is 8.78 Å². The molecule has 1 amide bonds. The molecule has 0 saturated carbocycles. The van der Waals surface area contributed by atoms with E-state index in [0.29, 0.717) is 17.4 Å². The molecule has 0 spiro atoms. The molecule has 0 aliphatic carbocycles. The first-order valence-corrected chi connectivity index (χ1v) is 12.6. The number of nitrogens with zero attached hydrogens (tertiary/aromatic N) is 2. The van der Waals surface area contributed by atoms with Gasteiger partial charge in [-0.2, -0.15) is 27.7 Å². The number of carbonyl (C=O) groups is 1. The van der Waals surface area contributed by atoms with E-state index in [2.05, 4.69) is 10.3 Å². The number of carbonyl (C=O) groups excluding carboxylic acids is 1. The van der Waals surface area contributed by atoms with Crippen LogP contribution in [-0.4, -0.2) is 51.2 Å². The van der Waals surface area contributed by atoms with E-state index in [1.165, 1.54) is 6.07 Å². The summed E-state index contributed by atoms with van der Waals surface area (Å²) in [5.74, 6) is -4.20. The van der Waals surface area contributed by atoms with Crippen molar-refractivity contribution in [2.24, 2.45) is 5.92 Å². The van der Waals surface area contributed by atoms with Crippen molar-refractivity contribution in [1.82, 2.24) is 9.55 Å². The average molecular weight is 494 g/mol. The van der Waals surface area contributed by atoms with Gasteiger partial charge in [0, 0.05) is 12.1 Å². The molecule has 2 aliphatic rings. The minimum absolute atomic E-state index is 0.0256. The molecule has 3 rings (SSSR count). The highest BCUT2D eigenvalue weighted by Gasteiger charge is 2.70. The molecule has 33 heavy (non-hydrogen) atoms. The number of nitrogens with one attached hydrogen (secondary N) is 1. The van der Waals surface area contributed by atoms with Crippen LogP contribution in [0.5, 0.6) is 0 Å². The number of hydrogen-bond donors (Lipinski definition) is 2. The minimum atomic E-state index is -3.96. The second-order valence-corrected chi connectivity index (χ2v) is 10.0. The zero-order chi connectivity index (χ0) is 24.4. The number of rotatable bonds is 9. The van der Waals surface area contributed by atoms with Crippen molar-refractivity contribution in [2.75, 3.05) is 11.9 Å². The molecule has 2 aliphatic heterocycles. The highest BCUT2D eigenvalue weighted by atomic mass is 31.2. The fourth-order valence-electron chi connectivity index (χ4n) is 3.89. The van der Waals surface area contributed by atoms with Crippen LogP contribution < -0.4 is 11.0 Å². The highest BCUT2D eigenvalue weighted by Crippen LogP contribution is 2.65. The van der Waals surface area contributed by atoms with Crippen molar-refractivity contribution in [3.05, 3.63) is 22.7 Å². The zero-order valence-electron chi connectivity index (χ0n) is 19.1. The minimum Gasteiger partial charge on any atom is -0.342 e. The number of amides is 1. The van der Waals surface area contributed by atoms with E-state index < -0.39 is 44.3 Å². The van der Waals surface area contributed by atoms with E-state index in [1.807, 2.05) is 13.8 Å². The number of hydrogen-bond acceptors (Lipinski definition) is 8. The number of anilines is 1. The predicted molar refractivity (Wildman–Crippen MR) is 115 cm³/mol. The van der Waals surface area contributed by atoms with Crippen LogP contribution in [0.15, 0.2) is 17.1 Å². The normalized spacial score (nSPS) is 28.8. The van der Waals surface area contributed by atoms with Gasteiger partial charge in [-0.15, -0.1) is 4.52 Å². The van der Waals surface area contributed by atoms with Gasteiger partial charge in [-0.25, -0.2) is 4.79 Å². The summed E-state index contributed by atoms with van der Waals surface area (Å²) in [5.41, 5.74) is -1.02. The van der Waals surface area contributed by atoms with E-state index in [0.717, 1.165) is 19.0 Å². The van der Waals surface area contributed by atoms with E-state index in [-0.39, 0.29) is 24.2 Å². The van der Waals surface area contributed by atoms with Crippen LogP contribution in [0.25, 0.3) is 0 Å². The number of alkyl halides is 2. The molecule has 0 aromatic carbocycles. The standard InChI is InChI=1S/C20H30F2N3O7P/c1-5-7-13(8-6-2)17(26)23-15-9-10-25(19(27)24-15)18-20(21,22)16-14(30-18)11-29-33(28,32-16)31-12(3)4/h9-10,12-14,16,18,28H,5-8,11H2,1-4H3/p+1/t14-,16-,18-,33?/m1/s1. The molecule has 0 radical (unpaired) electrons. The summed E-state index contributed by atoms with van der Waals surface area (Å²) in [5, 5.41) is 2.59. The quantitative estimate of drug-likeness (QED) is 0.501. The highest BCUT2D eigenvalue weighted by molar-refractivity contribution is 7.55. The number of fused-ring (bicyclic) bond motifs is 1. The van der Waals surface area contributed by atoms with Gasteiger partial charge in [0.2, 0.25) is 18.2 Å². The molecule has 3 heterocycles. The van der Waals surface area contributed by atoms with Crippen LogP contribution in [0.3, 0.4) is 0 Å². The van der Waals surface area contributed by atoms with Crippen LogP contribution in [-0.2, 0) is 23.1 Å². The Bertz CT molecular complexity index is 897. The zero-order valence-corrected chi connectivity index (χ0v) is 20.0. The topological polar surface area (TPSA) is 121 Å². The molecule has 0 bridgehead atoms. The average Bonchev–Trinajstić information content (AvgIpc) is 2.97. The molecular formula is C20H31F2N3O7P+. The lowest BCUT2D eigenvalue weighted by atomic mass is 9.97. The Hall–Kier alpha value is -1.56. The summed E-state index contributed by atoms with van der Waals surface area (Å²) >= 11 is 0. The third-order valence-electron chi connectivity index (χ3n) is 5.32. The Labute approximate surface area is 191 Å². The van der Waals surface area contributed by atoms with Crippen molar-refractivity contribution in [1.29, 1.82) is 0 Å². The maximum Gasteiger partial charge on any atom is 0.573 e. The lowest BCUT2D eigenvalue weighted by Gasteiger charge is -2.29. The van der Waals surface area contributed by atoms with Gasteiger partial charge in [0.1, 0.15) is 24.6 Å². The third kappa shape index (κ3) is 5.75. The Balaban J connectivity index is 1.76. The first kappa shape index (κ1) is 26.1. The van der Waals surface area contributed by atoms with Gasteiger partial charge >= 0.3 is 19.8 Å². The van der Waals surface area contributed by atoms with Crippen LogP contribution in [0.1, 0.15) is 59.6 Å². The SMILES string of the molecule is CCCC(CCC)C(=O)Nc1ccn([C@@H]2O[C@@H]3CO[P+](O)(OC(C)C)O[C@H]3C2(F)F)c(=O)n1. The summed E-state index contributed by atoms with van der Waals surface area (Å²) in [4.78, 5) is 39.1. The maximum atomic E-state index is 15.2. The molecule has 1 aromatic heterocycles. The van der Waals surface area contributed by atoms with Gasteiger partial charge in [-0.05, 0) is 32.8 Å². The smallest absolute Gasteiger partial charge is 0.342 e. The van der Waals surface area contributed by atoms with Crippen LogP contribution >= 0.6 is 8.17 Å². The molecule has 2 saturated heterocycles. The lowest BCUT2D eigenvalue weighted by molar-refractivity contribution is -0.141.